The average molecular weight is 397 g/mol. The van der Waals surface area contributed by atoms with Crippen molar-refractivity contribution in [2.75, 3.05) is 6.61 Å². The summed E-state index contributed by atoms with van der Waals surface area (Å²) >= 11 is 0. The second-order valence-corrected chi connectivity index (χ2v) is 6.32. The maximum atomic E-state index is 12.7. The first kappa shape index (κ1) is 19.9. The van der Waals surface area contributed by atoms with Gasteiger partial charge in [0.1, 0.15) is 5.56 Å². The maximum Gasteiger partial charge on any atom is 0.345 e. The first-order chi connectivity index (χ1) is 13.9. The van der Waals surface area contributed by atoms with Crippen molar-refractivity contribution < 1.29 is 14.5 Å². The lowest BCUT2D eigenvalue weighted by molar-refractivity contribution is -0.384. The molecule has 3 rings (SSSR count). The number of hydrogen-bond acceptors (Lipinski definition) is 8. The molecule has 0 bridgehead atoms. The Bertz CT molecular complexity index is 1070. The van der Waals surface area contributed by atoms with E-state index in [9.17, 15) is 19.7 Å². The average Bonchev–Trinajstić information content (AvgIpc) is 2.70. The summed E-state index contributed by atoms with van der Waals surface area (Å²) < 4.78 is 6.34. The van der Waals surface area contributed by atoms with Crippen LogP contribution in [0.2, 0.25) is 0 Å². The Kier molecular flexibility index (Phi) is 5.82. The van der Waals surface area contributed by atoms with Gasteiger partial charge in [0.15, 0.2) is 5.82 Å². The Hall–Kier alpha value is -3.82. The molecule has 1 unspecified atom stereocenters. The molecule has 1 aliphatic rings. The van der Waals surface area contributed by atoms with Crippen LogP contribution in [-0.4, -0.2) is 33.3 Å². The summed E-state index contributed by atoms with van der Waals surface area (Å²) in [4.78, 5) is 39.3. The minimum Gasteiger partial charge on any atom is -0.462 e. The van der Waals surface area contributed by atoms with E-state index in [4.69, 9.17) is 4.74 Å². The van der Waals surface area contributed by atoms with Gasteiger partial charge in [-0.25, -0.2) is 9.78 Å². The number of allylic oxidation sites excluding steroid dienone is 1. The highest BCUT2D eigenvalue weighted by atomic mass is 16.6. The smallest absolute Gasteiger partial charge is 0.345 e. The van der Waals surface area contributed by atoms with E-state index in [1.54, 1.807) is 19.1 Å². The van der Waals surface area contributed by atoms with Crippen LogP contribution in [0.25, 0.3) is 5.70 Å². The van der Waals surface area contributed by atoms with E-state index in [1.807, 2.05) is 13.0 Å². The molecule has 0 spiro atoms. The van der Waals surface area contributed by atoms with Crippen molar-refractivity contribution in [3.8, 4) is 0 Å². The van der Waals surface area contributed by atoms with Crippen molar-refractivity contribution in [3.63, 3.8) is 0 Å². The van der Waals surface area contributed by atoms with Gasteiger partial charge in [0.05, 0.1) is 23.4 Å². The number of nitrogens with one attached hydrogen (secondary N) is 1. The topological polar surface area (TPSA) is 129 Å². The Labute approximate surface area is 165 Å². The minimum absolute atomic E-state index is 0.0373. The van der Waals surface area contributed by atoms with Crippen LogP contribution in [0.15, 0.2) is 46.4 Å². The molecule has 0 saturated heterocycles. The molecule has 1 aromatic heterocycles. The van der Waals surface area contributed by atoms with Gasteiger partial charge in [0, 0.05) is 29.9 Å². The summed E-state index contributed by atoms with van der Waals surface area (Å²) in [6.07, 6.45) is 5.02. The molecule has 0 saturated carbocycles. The zero-order valence-electron chi connectivity index (χ0n) is 15.9. The fraction of sp³-hybridized carbons (Fsp3) is 0.263. The number of fused-ring (bicyclic) bond motifs is 1. The summed E-state index contributed by atoms with van der Waals surface area (Å²) in [5, 5.41) is 14.9. The van der Waals surface area contributed by atoms with Crippen LogP contribution in [0, 0.1) is 10.1 Å². The summed E-state index contributed by atoms with van der Waals surface area (Å²) in [5.74, 6) is -0.363. The first-order valence-corrected chi connectivity index (χ1v) is 8.95. The van der Waals surface area contributed by atoms with Crippen LogP contribution in [0.1, 0.15) is 48.1 Å². The molecule has 2 heterocycles. The molecule has 1 aliphatic heterocycles. The van der Waals surface area contributed by atoms with E-state index in [0.29, 0.717) is 23.5 Å². The van der Waals surface area contributed by atoms with Crippen molar-refractivity contribution in [2.45, 2.75) is 26.3 Å². The van der Waals surface area contributed by atoms with E-state index in [0.717, 1.165) is 0 Å². The Balaban J connectivity index is 1.85. The summed E-state index contributed by atoms with van der Waals surface area (Å²) in [5.41, 5.74) is 3.22. The Morgan fingerprint density at radius 3 is 3.03 bits per heavy atom. The van der Waals surface area contributed by atoms with Gasteiger partial charge in [0.25, 0.3) is 11.2 Å². The van der Waals surface area contributed by atoms with E-state index >= 15 is 0 Å². The van der Waals surface area contributed by atoms with Crippen molar-refractivity contribution in [3.05, 3.63) is 74.0 Å². The number of ether oxygens (including phenoxy) is 1. The highest BCUT2D eigenvalue weighted by Gasteiger charge is 2.24. The monoisotopic (exact) mass is 397 g/mol. The van der Waals surface area contributed by atoms with Crippen molar-refractivity contribution in [2.24, 2.45) is 5.10 Å². The van der Waals surface area contributed by atoms with E-state index in [2.05, 4.69) is 15.5 Å². The number of aromatic nitrogens is 2. The SMILES string of the molecule is CCOC(=O)c1cnc2n(c1=O)C(C)CC=C2N/N=C/c1cccc([N+](=O)[O-])c1. The molecule has 1 atom stereocenters. The molecule has 0 radical (unpaired) electrons. The van der Waals surface area contributed by atoms with Crippen LogP contribution >= 0.6 is 0 Å². The molecule has 0 fully saturated rings. The molecule has 0 aliphatic carbocycles. The maximum absolute atomic E-state index is 12.7. The highest BCUT2D eigenvalue weighted by Crippen LogP contribution is 2.23. The number of esters is 1. The molecule has 10 heteroatoms. The number of carbonyl (C=O) groups excluding carboxylic acids is 1. The van der Waals surface area contributed by atoms with Crippen molar-refractivity contribution in [1.82, 2.24) is 15.0 Å². The van der Waals surface area contributed by atoms with Gasteiger partial charge < -0.3 is 4.74 Å². The lowest BCUT2D eigenvalue weighted by Crippen LogP contribution is -2.35. The van der Waals surface area contributed by atoms with Gasteiger partial charge in [-0.1, -0.05) is 18.2 Å². The Morgan fingerprint density at radius 1 is 1.52 bits per heavy atom. The second-order valence-electron chi connectivity index (χ2n) is 6.32. The third kappa shape index (κ3) is 4.21. The minimum atomic E-state index is -0.708. The van der Waals surface area contributed by atoms with Gasteiger partial charge in [-0.15, -0.1) is 0 Å². The largest absolute Gasteiger partial charge is 0.462 e. The van der Waals surface area contributed by atoms with E-state index < -0.39 is 16.5 Å². The number of nitro groups is 1. The summed E-state index contributed by atoms with van der Waals surface area (Å²) in [6, 6.07) is 5.84. The lowest BCUT2D eigenvalue weighted by Gasteiger charge is -2.24. The summed E-state index contributed by atoms with van der Waals surface area (Å²) in [6.45, 7) is 3.67. The zero-order valence-corrected chi connectivity index (χ0v) is 15.9. The van der Waals surface area contributed by atoms with Gasteiger partial charge >= 0.3 is 5.97 Å². The van der Waals surface area contributed by atoms with Crippen LogP contribution in [0.3, 0.4) is 0 Å². The number of nitro benzene ring substituents is 1. The first-order valence-electron chi connectivity index (χ1n) is 8.95. The fourth-order valence-corrected chi connectivity index (χ4v) is 2.90. The van der Waals surface area contributed by atoms with Gasteiger partial charge in [-0.05, 0) is 20.3 Å². The van der Waals surface area contributed by atoms with Crippen LogP contribution in [-0.2, 0) is 4.74 Å². The molecular formula is C19H19N5O5. The molecule has 1 aromatic carbocycles. The quantitative estimate of drug-likeness (QED) is 0.342. The fourth-order valence-electron chi connectivity index (χ4n) is 2.90. The number of hydrogen-bond donors (Lipinski definition) is 1. The third-order valence-electron chi connectivity index (χ3n) is 4.31. The number of hydrazone groups is 1. The number of carbonyl (C=O) groups is 1. The van der Waals surface area contributed by atoms with Gasteiger partial charge in [-0.2, -0.15) is 5.10 Å². The normalized spacial score (nSPS) is 15.5. The van der Waals surface area contributed by atoms with E-state index in [1.165, 1.54) is 29.1 Å². The predicted octanol–water partition coefficient (Wildman–Crippen LogP) is 2.26. The molecule has 10 nitrogen and oxygen atoms in total. The number of benzene rings is 1. The van der Waals surface area contributed by atoms with Crippen LogP contribution < -0.4 is 11.0 Å². The molecular weight excluding hydrogens is 378 g/mol. The van der Waals surface area contributed by atoms with E-state index in [-0.39, 0.29) is 23.9 Å². The number of nitrogens with zero attached hydrogens (tertiary/aromatic N) is 4. The van der Waals surface area contributed by atoms with Gasteiger partial charge in [0.2, 0.25) is 0 Å². The lowest BCUT2D eigenvalue weighted by atomic mass is 10.1. The molecule has 2 aromatic rings. The highest BCUT2D eigenvalue weighted by molar-refractivity contribution is 5.88. The number of rotatable bonds is 6. The third-order valence-corrected chi connectivity index (χ3v) is 4.31. The second kappa shape index (κ2) is 8.46. The van der Waals surface area contributed by atoms with Gasteiger partial charge in [-0.3, -0.25) is 24.9 Å². The van der Waals surface area contributed by atoms with Crippen molar-refractivity contribution in [1.29, 1.82) is 0 Å². The summed E-state index contributed by atoms with van der Waals surface area (Å²) in [7, 11) is 0. The Morgan fingerprint density at radius 2 is 2.31 bits per heavy atom. The van der Waals surface area contributed by atoms with Crippen molar-refractivity contribution >= 4 is 23.6 Å². The molecule has 1 N–H and O–H groups in total. The van der Waals surface area contributed by atoms with Crippen LogP contribution in [0.4, 0.5) is 5.69 Å². The number of non-ortho nitro benzene ring substituents is 1. The standard InChI is InChI=1S/C19H19N5O5/c1-3-29-19(26)15-11-20-17-16(8-7-12(2)23(17)18(15)25)22-21-10-13-5-4-6-14(9-13)24(27)28/h4-6,8-12,22H,3,7H2,1-2H3/b21-10+. The molecule has 29 heavy (non-hydrogen) atoms. The molecule has 150 valence electrons. The molecule has 0 amide bonds. The van der Waals surface area contributed by atoms with Crippen LogP contribution in [0.5, 0.6) is 0 Å². The predicted molar refractivity (Wildman–Crippen MR) is 106 cm³/mol. The zero-order chi connectivity index (χ0) is 21.0.